The highest BCUT2D eigenvalue weighted by Gasteiger charge is 2.28. The van der Waals surface area contributed by atoms with Gasteiger partial charge in [-0.05, 0) is 37.1 Å². The number of anilines is 2. The number of nitriles is 1. The minimum atomic E-state index is -3.29. The van der Waals surface area contributed by atoms with Crippen molar-refractivity contribution >= 4 is 27.2 Å². The molecular formula is C18H21N5O3S. The van der Waals surface area contributed by atoms with Crippen LogP contribution in [0.5, 0.6) is 0 Å². The first kappa shape index (κ1) is 18.9. The van der Waals surface area contributed by atoms with Gasteiger partial charge in [-0.2, -0.15) is 10.4 Å². The summed E-state index contributed by atoms with van der Waals surface area (Å²) in [4.78, 5) is 12.0. The average molecular weight is 387 g/mol. The third-order valence-corrected chi connectivity index (χ3v) is 5.91. The number of aromatic nitrogens is 2. The van der Waals surface area contributed by atoms with E-state index in [4.69, 9.17) is 5.73 Å². The molecule has 0 saturated heterocycles. The third kappa shape index (κ3) is 4.11. The maximum Gasteiger partial charge on any atom is 0.254 e. The van der Waals surface area contributed by atoms with Crippen molar-refractivity contribution in [2.45, 2.75) is 36.6 Å². The molecule has 8 nitrogen and oxygen atoms in total. The molecule has 0 radical (unpaired) electrons. The molecule has 142 valence electrons. The van der Waals surface area contributed by atoms with Crippen LogP contribution < -0.4 is 11.1 Å². The van der Waals surface area contributed by atoms with Crippen molar-refractivity contribution in [3.8, 4) is 6.07 Å². The van der Waals surface area contributed by atoms with Gasteiger partial charge in [0.25, 0.3) is 5.91 Å². The Morgan fingerprint density at radius 1 is 1.30 bits per heavy atom. The number of carbonyl (C=O) groups is 1. The zero-order valence-corrected chi connectivity index (χ0v) is 15.7. The van der Waals surface area contributed by atoms with E-state index in [1.807, 2.05) is 0 Å². The Hall–Kier alpha value is -2.86. The van der Waals surface area contributed by atoms with Crippen LogP contribution in [0.2, 0.25) is 0 Å². The summed E-state index contributed by atoms with van der Waals surface area (Å²) in [6.07, 6.45) is 6.36. The predicted octanol–water partition coefficient (Wildman–Crippen LogP) is 2.38. The van der Waals surface area contributed by atoms with Gasteiger partial charge in [-0.3, -0.25) is 9.48 Å². The number of primary amides is 1. The van der Waals surface area contributed by atoms with Gasteiger partial charge in [0, 0.05) is 18.1 Å². The molecule has 1 aromatic carbocycles. The molecule has 0 unspecified atom stereocenters. The molecule has 0 aliphatic heterocycles. The SMILES string of the molecule is CS(=O)(=O)c1ccc(Nc2nn([C@H]3CCCC[C@H]3C#N)cc2C(N)=O)cc1. The quantitative estimate of drug-likeness (QED) is 0.810. The molecule has 2 aromatic rings. The van der Waals surface area contributed by atoms with Gasteiger partial charge in [0.15, 0.2) is 15.7 Å². The first-order chi connectivity index (χ1) is 12.8. The van der Waals surface area contributed by atoms with E-state index in [1.54, 1.807) is 23.0 Å². The molecule has 3 rings (SSSR count). The molecule has 1 fully saturated rings. The Balaban J connectivity index is 1.90. The van der Waals surface area contributed by atoms with E-state index in [0.29, 0.717) is 5.69 Å². The lowest BCUT2D eigenvalue weighted by Crippen LogP contribution is -2.22. The minimum absolute atomic E-state index is 0.0926. The zero-order chi connectivity index (χ0) is 19.6. The topological polar surface area (TPSA) is 131 Å². The number of nitrogens with one attached hydrogen (secondary N) is 1. The summed E-state index contributed by atoms with van der Waals surface area (Å²) in [5.41, 5.74) is 6.29. The van der Waals surface area contributed by atoms with Gasteiger partial charge in [0.2, 0.25) is 0 Å². The Morgan fingerprint density at radius 3 is 2.56 bits per heavy atom. The summed E-state index contributed by atoms with van der Waals surface area (Å²) >= 11 is 0. The van der Waals surface area contributed by atoms with E-state index in [-0.39, 0.29) is 28.2 Å². The van der Waals surface area contributed by atoms with Crippen LogP contribution in [0.25, 0.3) is 0 Å². The van der Waals surface area contributed by atoms with Crippen LogP contribution in [0.1, 0.15) is 42.1 Å². The van der Waals surface area contributed by atoms with Crippen LogP contribution in [-0.4, -0.2) is 30.4 Å². The van der Waals surface area contributed by atoms with Crippen LogP contribution in [-0.2, 0) is 9.84 Å². The van der Waals surface area contributed by atoms with E-state index in [9.17, 15) is 18.5 Å². The number of hydrogen-bond donors (Lipinski definition) is 2. The Labute approximate surface area is 157 Å². The largest absolute Gasteiger partial charge is 0.365 e. The molecule has 0 spiro atoms. The number of nitrogens with two attached hydrogens (primary N) is 1. The van der Waals surface area contributed by atoms with Crippen LogP contribution >= 0.6 is 0 Å². The molecule has 1 amide bonds. The zero-order valence-electron chi connectivity index (χ0n) is 14.9. The highest BCUT2D eigenvalue weighted by Crippen LogP contribution is 2.34. The van der Waals surface area contributed by atoms with Crippen molar-refractivity contribution in [3.63, 3.8) is 0 Å². The third-order valence-electron chi connectivity index (χ3n) is 4.78. The van der Waals surface area contributed by atoms with Gasteiger partial charge >= 0.3 is 0 Å². The minimum Gasteiger partial charge on any atom is -0.365 e. The number of rotatable bonds is 5. The average Bonchev–Trinajstić information content (AvgIpc) is 3.05. The predicted molar refractivity (Wildman–Crippen MR) is 100 cm³/mol. The van der Waals surface area contributed by atoms with Gasteiger partial charge in [-0.25, -0.2) is 8.42 Å². The maximum absolute atomic E-state index is 11.8. The fraction of sp³-hybridized carbons (Fsp3) is 0.389. The van der Waals surface area contributed by atoms with Crippen molar-refractivity contribution in [2.75, 3.05) is 11.6 Å². The monoisotopic (exact) mass is 387 g/mol. The molecule has 3 N–H and O–H groups in total. The van der Waals surface area contributed by atoms with Crippen LogP contribution in [0.3, 0.4) is 0 Å². The van der Waals surface area contributed by atoms with Crippen molar-refractivity contribution in [3.05, 3.63) is 36.0 Å². The van der Waals surface area contributed by atoms with Gasteiger partial charge in [0.05, 0.1) is 22.9 Å². The molecular weight excluding hydrogens is 366 g/mol. The summed E-state index contributed by atoms with van der Waals surface area (Å²) in [6.45, 7) is 0. The molecule has 0 bridgehead atoms. The van der Waals surface area contributed by atoms with Crippen molar-refractivity contribution in [2.24, 2.45) is 11.7 Å². The molecule has 2 atom stereocenters. The summed E-state index contributed by atoms with van der Waals surface area (Å²) in [7, 11) is -3.29. The second kappa shape index (κ2) is 7.40. The highest BCUT2D eigenvalue weighted by molar-refractivity contribution is 7.90. The van der Waals surface area contributed by atoms with Crippen molar-refractivity contribution < 1.29 is 13.2 Å². The van der Waals surface area contributed by atoms with E-state index < -0.39 is 15.7 Å². The molecule has 1 aliphatic carbocycles. The van der Waals surface area contributed by atoms with Gasteiger partial charge < -0.3 is 11.1 Å². The summed E-state index contributed by atoms with van der Waals surface area (Å²) in [5.74, 6) is -0.487. The van der Waals surface area contributed by atoms with Gasteiger partial charge in [0.1, 0.15) is 5.56 Å². The second-order valence-electron chi connectivity index (χ2n) is 6.74. The van der Waals surface area contributed by atoms with E-state index in [1.165, 1.54) is 12.1 Å². The van der Waals surface area contributed by atoms with Crippen molar-refractivity contribution in [1.82, 2.24) is 9.78 Å². The maximum atomic E-state index is 11.8. The lowest BCUT2D eigenvalue weighted by atomic mass is 9.85. The van der Waals surface area contributed by atoms with Gasteiger partial charge in [-0.15, -0.1) is 0 Å². The van der Waals surface area contributed by atoms with Crippen LogP contribution in [0, 0.1) is 17.2 Å². The summed E-state index contributed by atoms with van der Waals surface area (Å²) in [5, 5.41) is 16.9. The van der Waals surface area contributed by atoms with Crippen LogP contribution in [0.15, 0.2) is 35.4 Å². The summed E-state index contributed by atoms with van der Waals surface area (Å²) < 4.78 is 24.8. The smallest absolute Gasteiger partial charge is 0.254 e. The van der Waals surface area contributed by atoms with E-state index >= 15 is 0 Å². The van der Waals surface area contributed by atoms with Gasteiger partial charge in [-0.1, -0.05) is 12.8 Å². The first-order valence-electron chi connectivity index (χ1n) is 8.65. The number of carbonyl (C=O) groups excluding carboxylic acids is 1. The molecule has 9 heteroatoms. The fourth-order valence-electron chi connectivity index (χ4n) is 3.33. The number of benzene rings is 1. The first-order valence-corrected chi connectivity index (χ1v) is 10.5. The van der Waals surface area contributed by atoms with E-state index in [0.717, 1.165) is 31.9 Å². The Bertz CT molecular complexity index is 989. The lowest BCUT2D eigenvalue weighted by molar-refractivity contribution is 0.100. The van der Waals surface area contributed by atoms with Crippen molar-refractivity contribution in [1.29, 1.82) is 5.26 Å². The highest BCUT2D eigenvalue weighted by atomic mass is 32.2. The normalized spacial score (nSPS) is 20.0. The molecule has 1 aromatic heterocycles. The molecule has 1 saturated carbocycles. The molecule has 27 heavy (non-hydrogen) atoms. The summed E-state index contributed by atoms with van der Waals surface area (Å²) in [6, 6.07) is 8.38. The number of sulfone groups is 1. The standard InChI is InChI=1S/C18H21N5O3S/c1-27(25,26)14-8-6-13(7-9-14)21-18-15(17(20)24)11-23(22-18)16-5-3-2-4-12(16)10-19/h6-9,11-12,16H,2-5H2,1H3,(H2,20,24)(H,21,22)/t12-,16-/m0/s1. The Kier molecular flexibility index (Phi) is 5.19. The molecule has 1 heterocycles. The molecule has 1 aliphatic rings. The lowest BCUT2D eigenvalue weighted by Gasteiger charge is -2.26. The van der Waals surface area contributed by atoms with E-state index in [2.05, 4.69) is 16.5 Å². The number of amides is 1. The number of hydrogen-bond acceptors (Lipinski definition) is 6. The second-order valence-corrected chi connectivity index (χ2v) is 8.76. The number of nitrogens with zero attached hydrogens (tertiary/aromatic N) is 3. The fourth-order valence-corrected chi connectivity index (χ4v) is 3.97. The van der Waals surface area contributed by atoms with Crippen LogP contribution in [0.4, 0.5) is 11.5 Å². The Morgan fingerprint density at radius 2 is 1.96 bits per heavy atom.